The molecule has 1 aliphatic carbocycles. The summed E-state index contributed by atoms with van der Waals surface area (Å²) < 4.78 is 54.3. The number of aromatic nitrogens is 4. The number of alkyl halides is 3. The summed E-state index contributed by atoms with van der Waals surface area (Å²) in [7, 11) is 0. The van der Waals surface area contributed by atoms with Crippen LogP contribution < -0.4 is 5.32 Å². The van der Waals surface area contributed by atoms with Crippen LogP contribution in [0.3, 0.4) is 0 Å². The fraction of sp³-hybridized carbons (Fsp3) is 0.368. The minimum absolute atomic E-state index is 0.0500. The van der Waals surface area contributed by atoms with Crippen molar-refractivity contribution < 1.29 is 22.4 Å². The van der Waals surface area contributed by atoms with Gasteiger partial charge in [0.2, 0.25) is 0 Å². The summed E-state index contributed by atoms with van der Waals surface area (Å²) in [6.45, 7) is 0.439. The van der Waals surface area contributed by atoms with Crippen LogP contribution >= 0.6 is 0 Å². The molecule has 0 radical (unpaired) electrons. The largest absolute Gasteiger partial charge is 0.406 e. The van der Waals surface area contributed by atoms with Crippen molar-refractivity contribution in [2.24, 2.45) is 5.92 Å². The Morgan fingerprint density at radius 1 is 1.28 bits per heavy atom. The zero-order valence-corrected chi connectivity index (χ0v) is 15.4. The highest BCUT2D eigenvalue weighted by atomic mass is 19.4. The zero-order valence-electron chi connectivity index (χ0n) is 15.4. The Labute approximate surface area is 163 Å². The summed E-state index contributed by atoms with van der Waals surface area (Å²) in [5.74, 6) is -1.14. The molecule has 2 aromatic heterocycles. The van der Waals surface area contributed by atoms with Gasteiger partial charge < -0.3 is 9.88 Å². The van der Waals surface area contributed by atoms with E-state index in [0.717, 1.165) is 29.5 Å². The predicted octanol–water partition coefficient (Wildman–Crippen LogP) is 3.72. The monoisotopic (exact) mass is 407 g/mol. The van der Waals surface area contributed by atoms with E-state index in [1.54, 1.807) is 6.92 Å². The molecule has 3 aromatic rings. The van der Waals surface area contributed by atoms with Gasteiger partial charge in [-0.2, -0.15) is 13.2 Å². The van der Waals surface area contributed by atoms with Gasteiger partial charge in [-0.05, 0) is 37.8 Å². The highest BCUT2D eigenvalue weighted by Gasteiger charge is 2.39. The van der Waals surface area contributed by atoms with Crippen molar-refractivity contribution in [3.8, 4) is 0 Å². The lowest BCUT2D eigenvalue weighted by Gasteiger charge is -2.20. The van der Waals surface area contributed by atoms with Crippen LogP contribution in [0.4, 0.5) is 17.6 Å². The maximum absolute atomic E-state index is 13.6. The molecule has 0 spiro atoms. The normalized spacial score (nSPS) is 15.5. The third kappa shape index (κ3) is 4.20. The van der Waals surface area contributed by atoms with Crippen molar-refractivity contribution in [1.29, 1.82) is 0 Å². The number of rotatable bonds is 5. The second-order valence-corrected chi connectivity index (χ2v) is 7.14. The molecule has 0 aliphatic heterocycles. The van der Waals surface area contributed by atoms with Crippen molar-refractivity contribution in [2.45, 2.75) is 38.5 Å². The van der Waals surface area contributed by atoms with Crippen LogP contribution in [0.2, 0.25) is 0 Å². The second kappa shape index (κ2) is 7.09. The fourth-order valence-electron chi connectivity index (χ4n) is 3.25. The van der Waals surface area contributed by atoms with E-state index in [2.05, 4.69) is 20.3 Å². The maximum atomic E-state index is 13.6. The van der Waals surface area contributed by atoms with Crippen LogP contribution in [0, 0.1) is 18.7 Å². The number of hydrogen-bond acceptors (Lipinski definition) is 4. The van der Waals surface area contributed by atoms with E-state index >= 15 is 0 Å². The zero-order chi connectivity index (χ0) is 20.8. The topological polar surface area (TPSA) is 72.7 Å². The van der Waals surface area contributed by atoms with Crippen molar-refractivity contribution in [1.82, 2.24) is 24.8 Å². The van der Waals surface area contributed by atoms with Crippen LogP contribution in [-0.4, -0.2) is 31.6 Å². The number of halogens is 4. The fourth-order valence-corrected chi connectivity index (χ4v) is 3.25. The molecule has 152 valence electrons. The number of amides is 1. The maximum Gasteiger partial charge on any atom is 0.406 e. The first-order valence-corrected chi connectivity index (χ1v) is 9.03. The molecule has 0 unspecified atom stereocenters. The van der Waals surface area contributed by atoms with Crippen LogP contribution in [0.25, 0.3) is 11.0 Å². The quantitative estimate of drug-likeness (QED) is 0.655. The van der Waals surface area contributed by atoms with Gasteiger partial charge in [0, 0.05) is 12.3 Å². The van der Waals surface area contributed by atoms with Crippen molar-refractivity contribution in [3.63, 3.8) is 0 Å². The average molecular weight is 407 g/mol. The summed E-state index contributed by atoms with van der Waals surface area (Å²) in [6.07, 6.45) is -0.273. The summed E-state index contributed by atoms with van der Waals surface area (Å²) in [6, 6.07) is 2.70. The molecule has 4 rings (SSSR count). The first kappa shape index (κ1) is 19.3. The van der Waals surface area contributed by atoms with Crippen LogP contribution in [0.1, 0.15) is 40.9 Å². The number of nitrogens with zero attached hydrogens (tertiary/aromatic N) is 4. The van der Waals surface area contributed by atoms with E-state index in [-0.39, 0.29) is 28.5 Å². The summed E-state index contributed by atoms with van der Waals surface area (Å²) in [4.78, 5) is 24.9. The molecule has 29 heavy (non-hydrogen) atoms. The van der Waals surface area contributed by atoms with Gasteiger partial charge in [-0.15, -0.1) is 0 Å². The van der Waals surface area contributed by atoms with Crippen LogP contribution in [0.15, 0.2) is 30.6 Å². The van der Waals surface area contributed by atoms with Gasteiger partial charge in [-0.3, -0.25) is 9.78 Å². The molecule has 1 fully saturated rings. The van der Waals surface area contributed by atoms with Gasteiger partial charge in [-0.1, -0.05) is 0 Å². The minimum atomic E-state index is -4.50. The molecule has 2 heterocycles. The number of imidazole rings is 1. The van der Waals surface area contributed by atoms with Gasteiger partial charge >= 0.3 is 6.18 Å². The summed E-state index contributed by atoms with van der Waals surface area (Å²) in [5, 5.41) is 2.75. The predicted molar refractivity (Wildman–Crippen MR) is 95.4 cm³/mol. The van der Waals surface area contributed by atoms with E-state index in [4.69, 9.17) is 0 Å². The Morgan fingerprint density at radius 2 is 2.03 bits per heavy atom. The first-order valence-electron chi connectivity index (χ1n) is 9.03. The third-order valence-corrected chi connectivity index (χ3v) is 4.75. The number of fused-ring (bicyclic) bond motifs is 1. The lowest BCUT2D eigenvalue weighted by atomic mass is 10.1. The Hall–Kier alpha value is -3.04. The summed E-state index contributed by atoms with van der Waals surface area (Å²) >= 11 is 0. The lowest BCUT2D eigenvalue weighted by Crippen LogP contribution is -2.33. The SMILES string of the molecule is Cc1cnc(C(=O)N[C@H](c2nc3cc(F)ccc3n2CC(F)(F)F)C2CC2)cn1. The number of nitrogens with one attached hydrogen (secondary N) is 1. The number of carbonyl (C=O) groups is 1. The molecular formula is C19H17F4N5O. The Kier molecular flexibility index (Phi) is 4.71. The molecule has 1 atom stereocenters. The molecule has 0 saturated heterocycles. The Morgan fingerprint density at radius 3 is 2.66 bits per heavy atom. The van der Waals surface area contributed by atoms with Gasteiger partial charge in [-0.25, -0.2) is 14.4 Å². The van der Waals surface area contributed by atoms with E-state index in [1.165, 1.54) is 18.5 Å². The van der Waals surface area contributed by atoms with Crippen molar-refractivity contribution in [2.75, 3.05) is 0 Å². The van der Waals surface area contributed by atoms with Crippen LogP contribution in [-0.2, 0) is 6.54 Å². The standard InChI is InChI=1S/C19H17F4N5O/c1-10-7-25-14(8-24-10)18(29)27-16(11-2-3-11)17-26-13-6-12(20)4-5-15(13)28(17)9-19(21,22)23/h4-8,11,16H,2-3,9H2,1H3,(H,27,29)/t16-/m0/s1. The third-order valence-electron chi connectivity index (χ3n) is 4.75. The molecule has 1 saturated carbocycles. The lowest BCUT2D eigenvalue weighted by molar-refractivity contribution is -0.140. The minimum Gasteiger partial charge on any atom is -0.340 e. The van der Waals surface area contributed by atoms with Crippen molar-refractivity contribution in [3.05, 3.63) is 53.6 Å². The van der Waals surface area contributed by atoms with E-state index in [1.807, 2.05) is 0 Å². The smallest absolute Gasteiger partial charge is 0.340 e. The molecule has 1 N–H and O–H groups in total. The average Bonchev–Trinajstić information content (AvgIpc) is 3.43. The van der Waals surface area contributed by atoms with Gasteiger partial charge in [0.15, 0.2) is 0 Å². The van der Waals surface area contributed by atoms with Crippen molar-refractivity contribution >= 4 is 16.9 Å². The first-order chi connectivity index (χ1) is 13.7. The molecular weight excluding hydrogens is 390 g/mol. The highest BCUT2D eigenvalue weighted by molar-refractivity contribution is 5.92. The number of hydrogen-bond donors (Lipinski definition) is 1. The molecule has 10 heteroatoms. The second-order valence-electron chi connectivity index (χ2n) is 7.14. The number of benzene rings is 1. The molecule has 0 bridgehead atoms. The van der Waals surface area contributed by atoms with Gasteiger partial charge in [0.25, 0.3) is 5.91 Å². The Bertz CT molecular complexity index is 1060. The van der Waals surface area contributed by atoms with E-state index < -0.39 is 30.5 Å². The van der Waals surface area contributed by atoms with E-state index in [0.29, 0.717) is 5.69 Å². The van der Waals surface area contributed by atoms with Crippen LogP contribution in [0.5, 0.6) is 0 Å². The number of aryl methyl sites for hydroxylation is 1. The van der Waals surface area contributed by atoms with Gasteiger partial charge in [0.05, 0.1) is 29.0 Å². The Balaban J connectivity index is 1.74. The summed E-state index contributed by atoms with van der Waals surface area (Å²) in [5.41, 5.74) is 0.966. The molecule has 1 amide bonds. The molecule has 1 aromatic carbocycles. The van der Waals surface area contributed by atoms with Gasteiger partial charge in [0.1, 0.15) is 23.9 Å². The van der Waals surface area contributed by atoms with E-state index in [9.17, 15) is 22.4 Å². The highest BCUT2D eigenvalue weighted by Crippen LogP contribution is 2.42. The number of carbonyl (C=O) groups excluding carboxylic acids is 1. The molecule has 6 nitrogen and oxygen atoms in total. The molecule has 1 aliphatic rings.